The molecule has 0 aliphatic heterocycles. The van der Waals surface area contributed by atoms with Gasteiger partial charge >= 0.3 is 0 Å². The summed E-state index contributed by atoms with van der Waals surface area (Å²) < 4.78 is 0. The molecular weight excluding hydrogens is 252 g/mol. The van der Waals surface area contributed by atoms with Gasteiger partial charge < -0.3 is 0 Å². The lowest BCUT2D eigenvalue weighted by molar-refractivity contribution is 0.233. The molecule has 0 amide bonds. The molecule has 0 nitrogen and oxygen atoms in total. The van der Waals surface area contributed by atoms with E-state index in [1.165, 1.54) is 57.8 Å². The molecule has 0 radical (unpaired) electrons. The summed E-state index contributed by atoms with van der Waals surface area (Å²) in [6, 6.07) is 0. The van der Waals surface area contributed by atoms with Crippen LogP contribution in [0, 0.1) is 35.5 Å². The number of hydrogen-bond donors (Lipinski definition) is 0. The minimum Gasteiger partial charge on any atom is -0.0628 e. The highest BCUT2D eigenvalue weighted by molar-refractivity contribution is 4.73. The van der Waals surface area contributed by atoms with Gasteiger partial charge in [0.1, 0.15) is 0 Å². The molecule has 0 bridgehead atoms. The first kappa shape index (κ1) is 19.0. The van der Waals surface area contributed by atoms with E-state index in [0.717, 1.165) is 35.5 Å². The van der Waals surface area contributed by atoms with Crippen molar-refractivity contribution in [2.24, 2.45) is 35.5 Å². The molecule has 0 heteroatoms. The fraction of sp³-hybridized carbons (Fsp3) is 1.00. The SMILES string of the molecule is CC(C)CCC(C)C(C)CCC(C)CC1CCC(C)CC1. The standard InChI is InChI=1S/C21H42/c1-16(2)7-11-19(5)20(6)12-8-18(4)15-21-13-9-17(3)10-14-21/h16-21H,7-15H2,1-6H3. The van der Waals surface area contributed by atoms with Crippen molar-refractivity contribution >= 4 is 0 Å². The quantitative estimate of drug-likeness (QED) is 0.417. The molecule has 1 aliphatic carbocycles. The third-order valence-corrected chi connectivity index (χ3v) is 6.16. The van der Waals surface area contributed by atoms with E-state index in [9.17, 15) is 0 Å². The minimum atomic E-state index is 0.868. The zero-order chi connectivity index (χ0) is 15.8. The van der Waals surface area contributed by atoms with Crippen LogP contribution in [-0.4, -0.2) is 0 Å². The lowest BCUT2D eigenvalue weighted by Gasteiger charge is -2.29. The molecule has 0 aromatic carbocycles. The summed E-state index contributed by atoms with van der Waals surface area (Å²) in [4.78, 5) is 0. The summed E-state index contributed by atoms with van der Waals surface area (Å²) in [5.41, 5.74) is 0. The van der Waals surface area contributed by atoms with Crippen molar-refractivity contribution < 1.29 is 0 Å². The first-order valence-corrected chi connectivity index (χ1v) is 9.88. The minimum absolute atomic E-state index is 0.868. The molecular formula is C21H42. The van der Waals surface area contributed by atoms with Gasteiger partial charge in [0.15, 0.2) is 0 Å². The van der Waals surface area contributed by atoms with E-state index in [4.69, 9.17) is 0 Å². The summed E-state index contributed by atoms with van der Waals surface area (Å²) in [5, 5.41) is 0. The van der Waals surface area contributed by atoms with Crippen molar-refractivity contribution in [3.05, 3.63) is 0 Å². The molecule has 1 saturated carbocycles. The van der Waals surface area contributed by atoms with Gasteiger partial charge in [-0.3, -0.25) is 0 Å². The molecule has 0 spiro atoms. The maximum Gasteiger partial charge on any atom is -0.0412 e. The van der Waals surface area contributed by atoms with Crippen molar-refractivity contribution in [2.45, 2.75) is 99.3 Å². The summed E-state index contributed by atoms with van der Waals surface area (Å²) in [6.45, 7) is 14.6. The lowest BCUT2D eigenvalue weighted by Crippen LogP contribution is -2.16. The zero-order valence-electron chi connectivity index (χ0n) is 15.8. The third-order valence-electron chi connectivity index (χ3n) is 6.16. The fourth-order valence-electron chi connectivity index (χ4n) is 3.96. The Labute approximate surface area is 135 Å². The Morgan fingerprint density at radius 2 is 1.24 bits per heavy atom. The Kier molecular flexibility index (Phi) is 8.98. The Balaban J connectivity index is 2.15. The van der Waals surface area contributed by atoms with Gasteiger partial charge in [0.2, 0.25) is 0 Å². The molecule has 3 unspecified atom stereocenters. The van der Waals surface area contributed by atoms with E-state index in [1.54, 1.807) is 0 Å². The van der Waals surface area contributed by atoms with E-state index in [0.29, 0.717) is 0 Å². The summed E-state index contributed by atoms with van der Waals surface area (Å²) in [6.07, 6.45) is 13.2. The van der Waals surface area contributed by atoms with Gasteiger partial charge in [0.25, 0.3) is 0 Å². The Morgan fingerprint density at radius 1 is 0.714 bits per heavy atom. The summed E-state index contributed by atoms with van der Waals surface area (Å²) in [5.74, 6) is 5.69. The Morgan fingerprint density at radius 3 is 1.76 bits per heavy atom. The van der Waals surface area contributed by atoms with Crippen LogP contribution in [0.2, 0.25) is 0 Å². The van der Waals surface area contributed by atoms with Crippen molar-refractivity contribution in [1.29, 1.82) is 0 Å². The second-order valence-electron chi connectivity index (χ2n) is 8.97. The van der Waals surface area contributed by atoms with E-state index < -0.39 is 0 Å². The number of rotatable bonds is 9. The molecule has 0 aromatic rings. The highest BCUT2D eigenvalue weighted by Crippen LogP contribution is 2.34. The molecule has 1 fully saturated rings. The van der Waals surface area contributed by atoms with Gasteiger partial charge in [-0.25, -0.2) is 0 Å². The van der Waals surface area contributed by atoms with Crippen molar-refractivity contribution in [3.63, 3.8) is 0 Å². The molecule has 3 atom stereocenters. The monoisotopic (exact) mass is 294 g/mol. The maximum atomic E-state index is 2.50. The largest absolute Gasteiger partial charge is 0.0628 e. The van der Waals surface area contributed by atoms with Gasteiger partial charge in [0.05, 0.1) is 0 Å². The highest BCUT2D eigenvalue weighted by atomic mass is 14.3. The average Bonchev–Trinajstić information content (AvgIpc) is 2.44. The smallest absolute Gasteiger partial charge is 0.0412 e. The van der Waals surface area contributed by atoms with Gasteiger partial charge in [-0.05, 0) is 41.9 Å². The van der Waals surface area contributed by atoms with Crippen LogP contribution in [0.4, 0.5) is 0 Å². The van der Waals surface area contributed by atoms with Gasteiger partial charge in [-0.1, -0.05) is 92.9 Å². The van der Waals surface area contributed by atoms with Crippen LogP contribution in [0.25, 0.3) is 0 Å². The molecule has 1 aliphatic rings. The molecule has 21 heavy (non-hydrogen) atoms. The predicted molar refractivity (Wildman–Crippen MR) is 96.5 cm³/mol. The normalized spacial score (nSPS) is 27.6. The first-order chi connectivity index (χ1) is 9.88. The van der Waals surface area contributed by atoms with Crippen LogP contribution in [0.5, 0.6) is 0 Å². The predicted octanol–water partition coefficient (Wildman–Crippen LogP) is 7.33. The summed E-state index contributed by atoms with van der Waals surface area (Å²) >= 11 is 0. The van der Waals surface area contributed by atoms with E-state index in [2.05, 4.69) is 41.5 Å². The molecule has 0 aromatic heterocycles. The zero-order valence-corrected chi connectivity index (χ0v) is 15.8. The van der Waals surface area contributed by atoms with Crippen molar-refractivity contribution in [2.75, 3.05) is 0 Å². The molecule has 0 heterocycles. The Bertz CT molecular complexity index is 247. The lowest BCUT2D eigenvalue weighted by atomic mass is 9.77. The van der Waals surface area contributed by atoms with Crippen LogP contribution >= 0.6 is 0 Å². The maximum absolute atomic E-state index is 2.50. The van der Waals surface area contributed by atoms with Crippen molar-refractivity contribution in [1.82, 2.24) is 0 Å². The second-order valence-corrected chi connectivity index (χ2v) is 8.97. The van der Waals surface area contributed by atoms with Crippen LogP contribution in [0.1, 0.15) is 99.3 Å². The molecule has 0 saturated heterocycles. The van der Waals surface area contributed by atoms with Crippen molar-refractivity contribution in [3.8, 4) is 0 Å². The summed E-state index contributed by atoms with van der Waals surface area (Å²) in [7, 11) is 0. The van der Waals surface area contributed by atoms with Crippen LogP contribution in [0.15, 0.2) is 0 Å². The second kappa shape index (κ2) is 9.90. The van der Waals surface area contributed by atoms with Gasteiger partial charge in [-0.2, -0.15) is 0 Å². The van der Waals surface area contributed by atoms with Gasteiger partial charge in [0, 0.05) is 0 Å². The third kappa shape index (κ3) is 8.27. The molecule has 0 N–H and O–H groups in total. The van der Waals surface area contributed by atoms with E-state index >= 15 is 0 Å². The molecule has 1 rings (SSSR count). The van der Waals surface area contributed by atoms with Crippen LogP contribution < -0.4 is 0 Å². The average molecular weight is 295 g/mol. The Hall–Kier alpha value is 0. The van der Waals surface area contributed by atoms with E-state index in [-0.39, 0.29) is 0 Å². The molecule has 126 valence electrons. The topological polar surface area (TPSA) is 0 Å². The van der Waals surface area contributed by atoms with Crippen LogP contribution in [0.3, 0.4) is 0 Å². The highest BCUT2D eigenvalue weighted by Gasteiger charge is 2.21. The van der Waals surface area contributed by atoms with Gasteiger partial charge in [-0.15, -0.1) is 0 Å². The fourth-order valence-corrected chi connectivity index (χ4v) is 3.96. The number of hydrogen-bond acceptors (Lipinski definition) is 0. The van der Waals surface area contributed by atoms with E-state index in [1.807, 2.05) is 0 Å². The first-order valence-electron chi connectivity index (χ1n) is 9.88. The van der Waals surface area contributed by atoms with Crippen LogP contribution in [-0.2, 0) is 0 Å².